The maximum atomic E-state index is 13.2. The molecular formula is C25H29NO5S. The highest BCUT2D eigenvalue weighted by atomic mass is 32.2. The standard InChI is InChI=1S/C25H29NO5S/c1-17(2)24(26-32(30,31)21-8-4-3-5-9-21)23(28)16-20-15-19-13-11-18(12-14-19)7-6-10-22(27)25(20)29/h3-5,8-9,11-14,17,20,24,26H,6-7,10,15-16H2,1-2H3. The molecule has 0 saturated heterocycles. The molecule has 2 aromatic carbocycles. The lowest BCUT2D eigenvalue weighted by Gasteiger charge is -2.23. The van der Waals surface area contributed by atoms with Crippen LogP contribution in [0.5, 0.6) is 0 Å². The minimum Gasteiger partial charge on any atom is -0.298 e. The van der Waals surface area contributed by atoms with Crippen LogP contribution in [0.25, 0.3) is 0 Å². The van der Waals surface area contributed by atoms with Crippen LogP contribution >= 0.6 is 0 Å². The van der Waals surface area contributed by atoms with Crippen molar-refractivity contribution in [2.75, 3.05) is 0 Å². The summed E-state index contributed by atoms with van der Waals surface area (Å²) in [5.74, 6) is -2.53. The van der Waals surface area contributed by atoms with E-state index in [1.807, 2.05) is 24.3 Å². The second-order valence-electron chi connectivity index (χ2n) is 8.68. The minimum atomic E-state index is -3.91. The Kier molecular flexibility index (Phi) is 7.74. The van der Waals surface area contributed by atoms with Gasteiger partial charge in [0.1, 0.15) is 0 Å². The highest BCUT2D eigenvalue weighted by Gasteiger charge is 2.33. The number of rotatable bonds is 7. The fourth-order valence-electron chi connectivity index (χ4n) is 3.97. The predicted molar refractivity (Wildman–Crippen MR) is 122 cm³/mol. The monoisotopic (exact) mass is 455 g/mol. The second-order valence-corrected chi connectivity index (χ2v) is 10.4. The van der Waals surface area contributed by atoms with Gasteiger partial charge in [-0.1, -0.05) is 56.3 Å². The first-order valence-corrected chi connectivity index (χ1v) is 12.4. The molecule has 32 heavy (non-hydrogen) atoms. The molecule has 2 aliphatic carbocycles. The van der Waals surface area contributed by atoms with Gasteiger partial charge in [0.15, 0.2) is 11.6 Å². The third-order valence-electron chi connectivity index (χ3n) is 5.82. The van der Waals surface area contributed by atoms with E-state index in [-0.39, 0.29) is 30.1 Å². The molecule has 7 heteroatoms. The summed E-state index contributed by atoms with van der Waals surface area (Å²) in [5, 5.41) is 0. The largest absolute Gasteiger partial charge is 0.298 e. The number of carbonyl (C=O) groups excluding carboxylic acids is 3. The molecule has 2 unspecified atom stereocenters. The number of hydrogen-bond acceptors (Lipinski definition) is 5. The quantitative estimate of drug-likeness (QED) is 0.646. The third-order valence-corrected chi connectivity index (χ3v) is 7.27. The van der Waals surface area contributed by atoms with E-state index in [9.17, 15) is 22.8 Å². The number of nitrogens with one attached hydrogen (secondary N) is 1. The van der Waals surface area contributed by atoms with Gasteiger partial charge in [0.2, 0.25) is 15.8 Å². The zero-order valence-electron chi connectivity index (χ0n) is 18.4. The Bertz CT molecular complexity index is 1080. The summed E-state index contributed by atoms with van der Waals surface area (Å²) in [7, 11) is -3.91. The Labute approximate surface area is 189 Å². The number of carbonyl (C=O) groups is 3. The van der Waals surface area contributed by atoms with Crippen LogP contribution in [0.1, 0.15) is 44.2 Å². The first-order valence-electron chi connectivity index (χ1n) is 10.9. The maximum Gasteiger partial charge on any atom is 0.241 e. The maximum absolute atomic E-state index is 13.2. The van der Waals surface area contributed by atoms with Gasteiger partial charge in [-0.25, -0.2) is 13.1 Å². The number of benzene rings is 2. The molecule has 170 valence electrons. The molecule has 2 atom stereocenters. The SMILES string of the molecule is CC(C)C(NS(=O)(=O)c1ccccc1)C(=O)CC1Cc2ccc(cc2)CCCC(=O)C1=O. The van der Waals surface area contributed by atoms with Crippen LogP contribution in [-0.2, 0) is 37.2 Å². The summed E-state index contributed by atoms with van der Waals surface area (Å²) in [6, 6.07) is 14.7. The van der Waals surface area contributed by atoms with Gasteiger partial charge >= 0.3 is 0 Å². The van der Waals surface area contributed by atoms with Gasteiger partial charge in [-0.2, -0.15) is 0 Å². The molecule has 1 N–H and O–H groups in total. The summed E-state index contributed by atoms with van der Waals surface area (Å²) in [6.45, 7) is 3.50. The molecule has 4 rings (SSSR count). The van der Waals surface area contributed by atoms with Crippen molar-refractivity contribution in [3.05, 3.63) is 65.7 Å². The first kappa shape index (κ1) is 24.0. The van der Waals surface area contributed by atoms with E-state index < -0.39 is 39.3 Å². The highest BCUT2D eigenvalue weighted by molar-refractivity contribution is 7.89. The predicted octanol–water partition coefficient (Wildman–Crippen LogP) is 3.28. The lowest BCUT2D eigenvalue weighted by molar-refractivity contribution is -0.140. The van der Waals surface area contributed by atoms with Crippen LogP contribution in [0.3, 0.4) is 0 Å². The second kappa shape index (κ2) is 10.3. The van der Waals surface area contributed by atoms with Crippen LogP contribution in [-0.4, -0.2) is 31.8 Å². The van der Waals surface area contributed by atoms with Gasteiger partial charge in [-0.05, 0) is 48.4 Å². The van der Waals surface area contributed by atoms with Gasteiger partial charge < -0.3 is 0 Å². The van der Waals surface area contributed by atoms with E-state index in [2.05, 4.69) is 4.72 Å². The van der Waals surface area contributed by atoms with E-state index in [4.69, 9.17) is 0 Å². The summed E-state index contributed by atoms with van der Waals surface area (Å²) in [4.78, 5) is 38.6. The first-order chi connectivity index (χ1) is 15.2. The van der Waals surface area contributed by atoms with Crippen molar-refractivity contribution in [1.29, 1.82) is 0 Å². The molecule has 0 spiro atoms. The normalized spacial score (nSPS) is 18.4. The number of Topliss-reactive ketones (excluding diaryl/α,β-unsaturated/α-hetero) is 3. The number of aryl methyl sites for hydroxylation is 1. The summed E-state index contributed by atoms with van der Waals surface area (Å²) in [6.07, 6.45) is 1.53. The molecule has 2 bridgehead atoms. The molecule has 0 aliphatic heterocycles. The minimum absolute atomic E-state index is 0.0692. The molecule has 6 nitrogen and oxygen atoms in total. The summed E-state index contributed by atoms with van der Waals surface area (Å²) >= 11 is 0. The van der Waals surface area contributed by atoms with Crippen molar-refractivity contribution in [1.82, 2.24) is 4.72 Å². The Morgan fingerprint density at radius 2 is 1.59 bits per heavy atom. The molecule has 2 aromatic rings. The highest BCUT2D eigenvalue weighted by Crippen LogP contribution is 2.22. The van der Waals surface area contributed by atoms with Crippen LogP contribution in [0, 0.1) is 11.8 Å². The van der Waals surface area contributed by atoms with Crippen molar-refractivity contribution in [2.45, 2.75) is 56.9 Å². The number of sulfonamides is 1. The van der Waals surface area contributed by atoms with Gasteiger partial charge in [0.25, 0.3) is 0 Å². The number of hydrogen-bond donors (Lipinski definition) is 1. The number of ketones is 3. The van der Waals surface area contributed by atoms with E-state index in [0.29, 0.717) is 6.42 Å². The molecule has 0 fully saturated rings. The van der Waals surface area contributed by atoms with Crippen molar-refractivity contribution in [3.8, 4) is 0 Å². The Morgan fingerprint density at radius 1 is 0.969 bits per heavy atom. The zero-order valence-corrected chi connectivity index (χ0v) is 19.2. The van der Waals surface area contributed by atoms with Crippen LogP contribution in [0.2, 0.25) is 0 Å². The van der Waals surface area contributed by atoms with Gasteiger partial charge in [-0.3, -0.25) is 14.4 Å². The van der Waals surface area contributed by atoms with Crippen LogP contribution in [0.4, 0.5) is 0 Å². The van der Waals surface area contributed by atoms with Gasteiger partial charge in [0.05, 0.1) is 10.9 Å². The summed E-state index contributed by atoms with van der Waals surface area (Å²) in [5.41, 5.74) is 1.99. The average molecular weight is 456 g/mol. The fraction of sp³-hybridized carbons (Fsp3) is 0.400. The lowest BCUT2D eigenvalue weighted by Crippen LogP contribution is -2.45. The fourth-order valence-corrected chi connectivity index (χ4v) is 5.36. The molecule has 0 amide bonds. The Hall–Kier alpha value is -2.64. The third kappa shape index (κ3) is 5.99. The van der Waals surface area contributed by atoms with E-state index in [0.717, 1.165) is 17.5 Å². The molecule has 0 heterocycles. The summed E-state index contributed by atoms with van der Waals surface area (Å²) < 4.78 is 28.1. The molecule has 0 saturated carbocycles. The smallest absolute Gasteiger partial charge is 0.241 e. The molecular weight excluding hydrogens is 426 g/mol. The Balaban J connectivity index is 1.82. The average Bonchev–Trinajstić information content (AvgIpc) is 2.81. The van der Waals surface area contributed by atoms with E-state index in [1.54, 1.807) is 32.0 Å². The Morgan fingerprint density at radius 3 is 2.22 bits per heavy atom. The van der Waals surface area contributed by atoms with E-state index in [1.165, 1.54) is 12.1 Å². The topological polar surface area (TPSA) is 97.4 Å². The van der Waals surface area contributed by atoms with E-state index >= 15 is 0 Å². The molecule has 2 aliphatic rings. The van der Waals surface area contributed by atoms with Crippen LogP contribution in [0.15, 0.2) is 59.5 Å². The van der Waals surface area contributed by atoms with Crippen molar-refractivity contribution in [2.24, 2.45) is 11.8 Å². The van der Waals surface area contributed by atoms with Gasteiger partial charge in [-0.15, -0.1) is 0 Å². The molecule has 0 aromatic heterocycles. The van der Waals surface area contributed by atoms with Crippen molar-refractivity contribution >= 4 is 27.4 Å². The molecule has 0 radical (unpaired) electrons. The van der Waals surface area contributed by atoms with Crippen molar-refractivity contribution in [3.63, 3.8) is 0 Å². The zero-order chi connectivity index (χ0) is 23.3. The van der Waals surface area contributed by atoms with Gasteiger partial charge in [0, 0.05) is 18.8 Å². The van der Waals surface area contributed by atoms with Crippen LogP contribution < -0.4 is 4.72 Å². The van der Waals surface area contributed by atoms with Crippen molar-refractivity contribution < 1.29 is 22.8 Å². The lowest BCUT2D eigenvalue weighted by atomic mass is 9.85. The number of fused-ring (bicyclic) bond motifs is 8.